The molecular weight excluding hydrogens is 298 g/mol. The Bertz CT molecular complexity index is 809. The minimum absolute atomic E-state index is 0.131. The molecule has 0 radical (unpaired) electrons. The second-order valence-electron chi connectivity index (χ2n) is 7.24. The minimum Gasteiger partial charge on any atom is -0.268 e. The van der Waals surface area contributed by atoms with Gasteiger partial charge in [0.1, 0.15) is 4.90 Å². The Morgan fingerprint density at radius 3 is 2.50 bits per heavy atom. The first-order valence-electron chi connectivity index (χ1n) is 7.62. The van der Waals surface area contributed by atoms with E-state index in [1.54, 1.807) is 18.2 Å². The SMILES string of the molecule is C=C1C(N2C(=O)c3ccccc3S2(=O)=O)C[C@@H]2C[C@H]1C2(C)C. The van der Waals surface area contributed by atoms with Crippen LogP contribution in [-0.4, -0.2) is 24.7 Å². The van der Waals surface area contributed by atoms with E-state index < -0.39 is 15.9 Å². The summed E-state index contributed by atoms with van der Waals surface area (Å²) in [5.74, 6) is 0.364. The topological polar surface area (TPSA) is 54.5 Å². The van der Waals surface area contributed by atoms with Crippen LogP contribution in [0.25, 0.3) is 0 Å². The zero-order valence-electron chi connectivity index (χ0n) is 12.7. The fourth-order valence-corrected chi connectivity index (χ4v) is 6.22. The number of hydrogen-bond acceptors (Lipinski definition) is 3. The van der Waals surface area contributed by atoms with E-state index in [2.05, 4.69) is 20.4 Å². The highest BCUT2D eigenvalue weighted by molar-refractivity contribution is 7.90. The molecule has 0 N–H and O–H groups in total. The minimum atomic E-state index is -3.75. The molecule has 1 unspecified atom stereocenters. The Morgan fingerprint density at radius 2 is 1.91 bits per heavy atom. The van der Waals surface area contributed by atoms with Crippen molar-refractivity contribution in [3.8, 4) is 0 Å². The highest BCUT2D eigenvalue weighted by atomic mass is 32.2. The fraction of sp³-hybridized carbons (Fsp3) is 0.471. The van der Waals surface area contributed by atoms with E-state index in [0.717, 1.165) is 16.3 Å². The second-order valence-corrected chi connectivity index (χ2v) is 9.02. The molecule has 116 valence electrons. The van der Waals surface area contributed by atoms with E-state index in [-0.39, 0.29) is 21.9 Å². The molecule has 22 heavy (non-hydrogen) atoms. The van der Waals surface area contributed by atoms with Crippen LogP contribution in [0.3, 0.4) is 0 Å². The highest BCUT2D eigenvalue weighted by Gasteiger charge is 2.58. The average Bonchev–Trinajstić information content (AvgIpc) is 2.67. The van der Waals surface area contributed by atoms with Crippen LogP contribution in [0, 0.1) is 17.3 Å². The third-order valence-electron chi connectivity index (χ3n) is 5.99. The molecule has 1 aromatic carbocycles. The summed E-state index contributed by atoms with van der Waals surface area (Å²) in [7, 11) is -3.75. The monoisotopic (exact) mass is 317 g/mol. The number of amides is 1. The third-order valence-corrected chi connectivity index (χ3v) is 7.84. The Balaban J connectivity index is 1.77. The van der Waals surface area contributed by atoms with E-state index in [9.17, 15) is 13.2 Å². The number of nitrogens with zero attached hydrogens (tertiary/aromatic N) is 1. The van der Waals surface area contributed by atoms with Crippen LogP contribution in [0.5, 0.6) is 0 Å². The van der Waals surface area contributed by atoms with Gasteiger partial charge in [-0.25, -0.2) is 12.7 Å². The van der Waals surface area contributed by atoms with Crippen molar-refractivity contribution < 1.29 is 13.2 Å². The van der Waals surface area contributed by atoms with Crippen LogP contribution in [0.4, 0.5) is 0 Å². The first kappa shape index (κ1) is 14.0. The van der Waals surface area contributed by atoms with Gasteiger partial charge in [-0.3, -0.25) is 4.79 Å². The lowest BCUT2D eigenvalue weighted by atomic mass is 9.46. The molecular formula is C17H19NO3S. The molecule has 3 atom stereocenters. The number of hydrogen-bond donors (Lipinski definition) is 0. The molecule has 0 aromatic heterocycles. The van der Waals surface area contributed by atoms with Gasteiger partial charge in [0, 0.05) is 0 Å². The number of benzene rings is 1. The van der Waals surface area contributed by atoms with Crippen molar-refractivity contribution in [3.63, 3.8) is 0 Å². The lowest BCUT2D eigenvalue weighted by Gasteiger charge is -2.60. The summed E-state index contributed by atoms with van der Waals surface area (Å²) < 4.78 is 26.7. The maximum atomic E-state index is 12.8. The molecule has 1 amide bonds. The first-order chi connectivity index (χ1) is 10.3. The van der Waals surface area contributed by atoms with Gasteiger partial charge in [-0.15, -0.1) is 0 Å². The predicted octanol–water partition coefficient (Wildman–Crippen LogP) is 2.82. The Labute approximate surface area is 130 Å². The fourth-order valence-electron chi connectivity index (χ4n) is 4.46. The maximum Gasteiger partial charge on any atom is 0.269 e. The van der Waals surface area contributed by atoms with Crippen molar-refractivity contribution in [2.75, 3.05) is 0 Å². The summed E-state index contributed by atoms with van der Waals surface area (Å²) in [6, 6.07) is 6.07. The maximum absolute atomic E-state index is 12.8. The van der Waals surface area contributed by atoms with Crippen LogP contribution in [0.15, 0.2) is 41.3 Å². The van der Waals surface area contributed by atoms with Gasteiger partial charge in [0.05, 0.1) is 11.6 Å². The molecule has 3 aliphatic carbocycles. The molecule has 4 nitrogen and oxygen atoms in total. The van der Waals surface area contributed by atoms with Crippen LogP contribution in [0.1, 0.15) is 37.0 Å². The van der Waals surface area contributed by atoms with Crippen molar-refractivity contribution >= 4 is 15.9 Å². The van der Waals surface area contributed by atoms with Crippen LogP contribution < -0.4 is 0 Å². The lowest BCUT2D eigenvalue weighted by Crippen LogP contribution is -2.58. The molecule has 2 bridgehead atoms. The van der Waals surface area contributed by atoms with Crippen molar-refractivity contribution in [1.29, 1.82) is 0 Å². The van der Waals surface area contributed by atoms with E-state index in [0.29, 0.717) is 18.3 Å². The quantitative estimate of drug-likeness (QED) is 0.748. The highest BCUT2D eigenvalue weighted by Crippen LogP contribution is 2.62. The van der Waals surface area contributed by atoms with Crippen molar-refractivity contribution in [2.45, 2.75) is 37.6 Å². The molecule has 0 saturated heterocycles. The number of carbonyl (C=O) groups is 1. The number of carbonyl (C=O) groups excluding carboxylic acids is 1. The summed E-state index contributed by atoms with van der Waals surface area (Å²) in [6.45, 7) is 8.58. The lowest BCUT2D eigenvalue weighted by molar-refractivity contribution is -0.0455. The summed E-state index contributed by atoms with van der Waals surface area (Å²) in [4.78, 5) is 12.8. The van der Waals surface area contributed by atoms with Gasteiger partial charge in [0.15, 0.2) is 0 Å². The molecule has 5 heteroatoms. The zero-order valence-corrected chi connectivity index (χ0v) is 13.6. The Hall–Kier alpha value is -1.62. The van der Waals surface area contributed by atoms with Crippen molar-refractivity contribution in [2.24, 2.45) is 17.3 Å². The molecule has 3 saturated carbocycles. The molecule has 1 aliphatic heterocycles. The average molecular weight is 317 g/mol. The smallest absolute Gasteiger partial charge is 0.268 e. The van der Waals surface area contributed by atoms with Crippen molar-refractivity contribution in [3.05, 3.63) is 42.0 Å². The largest absolute Gasteiger partial charge is 0.269 e. The Morgan fingerprint density at radius 1 is 1.23 bits per heavy atom. The van der Waals surface area contributed by atoms with Gasteiger partial charge in [-0.1, -0.05) is 38.1 Å². The van der Waals surface area contributed by atoms with Gasteiger partial charge in [0.2, 0.25) is 0 Å². The summed E-state index contributed by atoms with van der Waals surface area (Å²) in [5.41, 5.74) is 1.36. The normalized spacial score (nSPS) is 34.3. The molecule has 4 aliphatic rings. The first-order valence-corrected chi connectivity index (χ1v) is 9.06. The number of fused-ring (bicyclic) bond motifs is 3. The zero-order chi connectivity index (χ0) is 15.9. The molecule has 1 aromatic rings. The van der Waals surface area contributed by atoms with E-state index in [1.165, 1.54) is 6.07 Å². The van der Waals surface area contributed by atoms with Crippen LogP contribution >= 0.6 is 0 Å². The summed E-state index contributed by atoms with van der Waals surface area (Å²) in [5, 5.41) is 0. The molecule has 1 heterocycles. The molecule has 3 fully saturated rings. The van der Waals surface area contributed by atoms with Gasteiger partial charge in [-0.05, 0) is 42.2 Å². The number of rotatable bonds is 1. The van der Waals surface area contributed by atoms with Gasteiger partial charge >= 0.3 is 0 Å². The Kier molecular flexibility index (Phi) is 2.56. The number of sulfonamides is 1. The van der Waals surface area contributed by atoms with Crippen molar-refractivity contribution in [1.82, 2.24) is 4.31 Å². The summed E-state index contributed by atoms with van der Waals surface area (Å²) >= 11 is 0. The second kappa shape index (κ2) is 4.02. The molecule has 5 rings (SSSR count). The van der Waals surface area contributed by atoms with E-state index in [1.807, 2.05) is 0 Å². The summed E-state index contributed by atoms with van der Waals surface area (Å²) in [6.07, 6.45) is 1.76. The van der Waals surface area contributed by atoms with E-state index >= 15 is 0 Å². The van der Waals surface area contributed by atoms with Crippen LogP contribution in [-0.2, 0) is 10.0 Å². The third kappa shape index (κ3) is 1.47. The standard InChI is InChI=1S/C17H19NO3S/c1-10-13-8-11(17(13,2)3)9-14(10)18-16(19)12-6-4-5-7-15(12)22(18,20)21/h4-7,11,13-14H,1,8-9H2,2-3H3/t11-,13+,14?/m0/s1. The van der Waals surface area contributed by atoms with E-state index in [4.69, 9.17) is 0 Å². The predicted molar refractivity (Wildman–Crippen MR) is 82.7 cm³/mol. The van der Waals surface area contributed by atoms with Gasteiger partial charge in [-0.2, -0.15) is 0 Å². The molecule has 0 spiro atoms. The van der Waals surface area contributed by atoms with Crippen LogP contribution in [0.2, 0.25) is 0 Å². The van der Waals surface area contributed by atoms with Gasteiger partial charge in [0.25, 0.3) is 15.9 Å². The van der Waals surface area contributed by atoms with Gasteiger partial charge < -0.3 is 0 Å².